The van der Waals surface area contributed by atoms with Crippen LogP contribution in [0.4, 0.5) is 10.6 Å². The molecule has 0 aliphatic carbocycles. The van der Waals surface area contributed by atoms with Crippen molar-refractivity contribution in [3.63, 3.8) is 0 Å². The predicted molar refractivity (Wildman–Crippen MR) is 102 cm³/mol. The van der Waals surface area contributed by atoms with E-state index in [1.54, 1.807) is 12.3 Å². The molecule has 9 nitrogen and oxygen atoms in total. The number of carbonyl (C=O) groups is 2. The van der Waals surface area contributed by atoms with Crippen molar-refractivity contribution in [3.05, 3.63) is 53.9 Å². The molecule has 140 valence electrons. The van der Waals surface area contributed by atoms with E-state index < -0.39 is 11.9 Å². The first kappa shape index (κ1) is 18.3. The molecule has 0 saturated carbocycles. The quantitative estimate of drug-likeness (QED) is 0.449. The summed E-state index contributed by atoms with van der Waals surface area (Å²) in [6.07, 6.45) is 1.53. The number of rotatable bonds is 6. The van der Waals surface area contributed by atoms with Crippen LogP contribution in [0, 0.1) is 0 Å². The number of nitrogens with one attached hydrogen (secondary N) is 3. The summed E-state index contributed by atoms with van der Waals surface area (Å²) in [6, 6.07) is 10.1. The van der Waals surface area contributed by atoms with E-state index in [0.717, 1.165) is 5.56 Å². The van der Waals surface area contributed by atoms with E-state index in [2.05, 4.69) is 25.8 Å². The summed E-state index contributed by atoms with van der Waals surface area (Å²) >= 11 is 0. The lowest BCUT2D eigenvalue weighted by Gasteiger charge is -2.14. The Balaban J connectivity index is 1.69. The van der Waals surface area contributed by atoms with Gasteiger partial charge in [-0.15, -0.1) is 0 Å². The number of anilines is 1. The summed E-state index contributed by atoms with van der Waals surface area (Å²) in [5.74, 6) is -0.145. The first-order valence-corrected chi connectivity index (χ1v) is 8.44. The lowest BCUT2D eigenvalue weighted by atomic mass is 10.1. The molecule has 2 atom stereocenters. The van der Waals surface area contributed by atoms with Crippen LogP contribution in [0.15, 0.2) is 42.6 Å². The fraction of sp³-hybridized carbons (Fsp3) is 0.222. The Bertz CT molecular complexity index is 955. The Morgan fingerprint density at radius 3 is 2.70 bits per heavy atom. The van der Waals surface area contributed by atoms with E-state index in [4.69, 9.17) is 11.5 Å². The van der Waals surface area contributed by atoms with Crippen LogP contribution in [0.1, 0.15) is 36.7 Å². The number of primary amides is 1. The Hall–Kier alpha value is -3.46. The van der Waals surface area contributed by atoms with Gasteiger partial charge in [0.2, 0.25) is 5.91 Å². The van der Waals surface area contributed by atoms with Crippen LogP contribution >= 0.6 is 0 Å². The predicted octanol–water partition coefficient (Wildman–Crippen LogP) is 1.72. The van der Waals surface area contributed by atoms with Crippen LogP contribution in [-0.4, -0.2) is 27.1 Å². The summed E-state index contributed by atoms with van der Waals surface area (Å²) in [5, 5.41) is 13.2. The van der Waals surface area contributed by atoms with Crippen LogP contribution in [0.25, 0.3) is 10.9 Å². The number of amides is 3. The minimum Gasteiger partial charge on any atom is -0.370 e. The second-order valence-electron chi connectivity index (χ2n) is 6.23. The average Bonchev–Trinajstić information content (AvgIpc) is 3.05. The Labute approximate surface area is 155 Å². The maximum atomic E-state index is 12.2. The third-order valence-electron chi connectivity index (χ3n) is 4.14. The highest BCUT2D eigenvalue weighted by molar-refractivity contribution is 5.91. The average molecular weight is 367 g/mol. The van der Waals surface area contributed by atoms with Gasteiger partial charge in [0.15, 0.2) is 0 Å². The van der Waals surface area contributed by atoms with Crippen LogP contribution in [0.5, 0.6) is 0 Å². The van der Waals surface area contributed by atoms with Crippen LogP contribution in [0.2, 0.25) is 0 Å². The maximum absolute atomic E-state index is 12.2. The number of nitrogens with zero attached hydrogens (tertiary/aromatic N) is 2. The highest BCUT2D eigenvalue weighted by Crippen LogP contribution is 2.23. The van der Waals surface area contributed by atoms with Gasteiger partial charge in [-0.1, -0.05) is 30.3 Å². The molecule has 3 amide bonds. The first-order valence-electron chi connectivity index (χ1n) is 8.44. The van der Waals surface area contributed by atoms with Crippen LogP contribution in [0.3, 0.4) is 0 Å². The molecule has 0 saturated heterocycles. The number of carbonyl (C=O) groups excluding carboxylic acids is 2. The largest absolute Gasteiger partial charge is 0.370 e. The number of hydrogen-bond acceptors (Lipinski definition) is 5. The van der Waals surface area contributed by atoms with Gasteiger partial charge in [0.25, 0.3) is 0 Å². The Kier molecular flexibility index (Phi) is 5.32. The molecule has 0 fully saturated rings. The number of aromatic amines is 1. The van der Waals surface area contributed by atoms with Gasteiger partial charge >= 0.3 is 6.03 Å². The highest BCUT2D eigenvalue weighted by Gasteiger charge is 2.17. The molecule has 2 heterocycles. The van der Waals surface area contributed by atoms with E-state index in [9.17, 15) is 9.59 Å². The van der Waals surface area contributed by atoms with Gasteiger partial charge in [0.1, 0.15) is 5.82 Å². The first-order chi connectivity index (χ1) is 12.9. The minimum atomic E-state index is -0.619. The number of aromatic nitrogens is 3. The standard InChI is InChI=1S/C18H21N7O2/c1-10(11-5-3-2-4-6-11)22-18(27)23-16-8-14-12(9-21-16)17(25-24-14)13(19)7-15(20)26/h2-6,8-10,13H,7,19H2,1H3,(H2,20,26)(H,24,25)(H2,21,22,23,27)/t10-,13?/m1/s1. The number of nitrogens with two attached hydrogens (primary N) is 2. The molecule has 0 aliphatic heterocycles. The summed E-state index contributed by atoms with van der Waals surface area (Å²) in [7, 11) is 0. The second kappa shape index (κ2) is 7.83. The third-order valence-corrected chi connectivity index (χ3v) is 4.14. The van der Waals surface area contributed by atoms with Gasteiger partial charge in [-0.3, -0.25) is 15.2 Å². The zero-order valence-corrected chi connectivity index (χ0v) is 14.8. The van der Waals surface area contributed by atoms with Crippen molar-refractivity contribution in [2.75, 3.05) is 5.32 Å². The topological polar surface area (TPSA) is 152 Å². The molecule has 0 radical (unpaired) electrons. The van der Waals surface area contributed by atoms with E-state index in [1.165, 1.54) is 0 Å². The van der Waals surface area contributed by atoms with Gasteiger partial charge < -0.3 is 16.8 Å². The van der Waals surface area contributed by atoms with Gasteiger partial charge in [-0.2, -0.15) is 5.10 Å². The van der Waals surface area contributed by atoms with Crippen molar-refractivity contribution in [3.8, 4) is 0 Å². The fourth-order valence-corrected chi connectivity index (χ4v) is 2.77. The summed E-state index contributed by atoms with van der Waals surface area (Å²) in [6.45, 7) is 1.90. The molecule has 0 aliphatic rings. The van der Waals surface area contributed by atoms with Gasteiger partial charge in [0.05, 0.1) is 23.3 Å². The molecule has 0 bridgehead atoms. The van der Waals surface area contributed by atoms with Crippen LogP contribution < -0.4 is 22.1 Å². The molecule has 1 unspecified atom stereocenters. The molecule has 0 spiro atoms. The Morgan fingerprint density at radius 1 is 1.26 bits per heavy atom. The molecular formula is C18H21N7O2. The molecule has 2 aromatic heterocycles. The van der Waals surface area contributed by atoms with Gasteiger partial charge in [-0.25, -0.2) is 9.78 Å². The molecule has 27 heavy (non-hydrogen) atoms. The van der Waals surface area contributed by atoms with E-state index in [0.29, 0.717) is 22.4 Å². The number of fused-ring (bicyclic) bond motifs is 1. The number of benzene rings is 1. The minimum absolute atomic E-state index is 0.0142. The lowest BCUT2D eigenvalue weighted by Crippen LogP contribution is -2.31. The smallest absolute Gasteiger partial charge is 0.320 e. The molecule has 9 heteroatoms. The van der Waals surface area contributed by atoms with Crippen molar-refractivity contribution < 1.29 is 9.59 Å². The SMILES string of the molecule is C[C@@H](NC(=O)Nc1cc2[nH]nc(C(N)CC(N)=O)c2cn1)c1ccccc1. The summed E-state index contributed by atoms with van der Waals surface area (Å²) in [4.78, 5) is 27.5. The number of pyridine rings is 1. The Morgan fingerprint density at radius 2 is 2.00 bits per heavy atom. The normalized spacial score (nSPS) is 13.1. The number of H-pyrrole nitrogens is 1. The van der Waals surface area contributed by atoms with Crippen molar-refractivity contribution in [1.29, 1.82) is 0 Å². The van der Waals surface area contributed by atoms with E-state index in [-0.39, 0.29) is 18.5 Å². The summed E-state index contributed by atoms with van der Waals surface area (Å²) < 4.78 is 0. The highest BCUT2D eigenvalue weighted by atomic mass is 16.2. The van der Waals surface area contributed by atoms with Gasteiger partial charge in [0, 0.05) is 24.1 Å². The molecule has 7 N–H and O–H groups in total. The van der Waals surface area contributed by atoms with Crippen molar-refractivity contribution in [2.24, 2.45) is 11.5 Å². The zero-order valence-electron chi connectivity index (χ0n) is 14.8. The van der Waals surface area contributed by atoms with Gasteiger partial charge in [-0.05, 0) is 12.5 Å². The van der Waals surface area contributed by atoms with Crippen molar-refractivity contribution >= 4 is 28.7 Å². The summed E-state index contributed by atoms with van der Waals surface area (Å²) in [5.41, 5.74) is 13.3. The molecular weight excluding hydrogens is 346 g/mol. The maximum Gasteiger partial charge on any atom is 0.320 e. The second-order valence-corrected chi connectivity index (χ2v) is 6.23. The fourth-order valence-electron chi connectivity index (χ4n) is 2.77. The van der Waals surface area contributed by atoms with Crippen molar-refractivity contribution in [2.45, 2.75) is 25.4 Å². The van der Waals surface area contributed by atoms with Crippen molar-refractivity contribution in [1.82, 2.24) is 20.5 Å². The number of urea groups is 1. The number of hydrogen-bond donors (Lipinski definition) is 5. The lowest BCUT2D eigenvalue weighted by molar-refractivity contribution is -0.118. The monoisotopic (exact) mass is 367 g/mol. The molecule has 3 aromatic rings. The third kappa shape index (κ3) is 4.39. The zero-order chi connectivity index (χ0) is 19.4. The van der Waals surface area contributed by atoms with Crippen LogP contribution in [-0.2, 0) is 4.79 Å². The van der Waals surface area contributed by atoms with E-state index >= 15 is 0 Å². The molecule has 1 aromatic carbocycles. The molecule has 3 rings (SSSR count). The van der Waals surface area contributed by atoms with E-state index in [1.807, 2.05) is 37.3 Å².